The van der Waals surface area contributed by atoms with Crippen LogP contribution in [0.5, 0.6) is 0 Å². The topological polar surface area (TPSA) is 64.7 Å². The molecule has 2 N–H and O–H groups in total. The maximum atomic E-state index is 12.2. The molecule has 2 aliphatic rings. The van der Waals surface area contributed by atoms with Gasteiger partial charge in [0.05, 0.1) is 0 Å². The van der Waals surface area contributed by atoms with Crippen LogP contribution in [0.3, 0.4) is 0 Å². The zero-order chi connectivity index (χ0) is 14.3. The second-order valence-electron chi connectivity index (χ2n) is 5.66. The maximum absolute atomic E-state index is 12.2. The van der Waals surface area contributed by atoms with Crippen LogP contribution in [-0.4, -0.2) is 70.0 Å². The lowest BCUT2D eigenvalue weighted by Crippen LogP contribution is -2.45. The molecule has 0 aromatic heterocycles. The molecule has 2 heterocycles. The number of hydrogen-bond acceptors (Lipinski definition) is 4. The Labute approximate surface area is 147 Å². The molecular weight excluding hydrogens is 347 g/mol. The summed E-state index contributed by atoms with van der Waals surface area (Å²) >= 11 is 0. The van der Waals surface area contributed by atoms with Gasteiger partial charge in [0.25, 0.3) is 10.2 Å². The lowest BCUT2D eigenvalue weighted by atomic mass is 10.2. The third-order valence-corrected chi connectivity index (χ3v) is 5.66. The largest absolute Gasteiger partial charge is 0.314 e. The number of nitrogens with one attached hydrogen (secondary N) is 2. The number of rotatable bonds is 6. The minimum absolute atomic E-state index is 0. The SMILES string of the molecule is Cl.Cl.O=S(=O)(NCCCN1CCNCC1)N1CCCCCC1. The number of hydrogen-bond donors (Lipinski definition) is 2. The van der Waals surface area contributed by atoms with Crippen molar-refractivity contribution in [3.05, 3.63) is 0 Å². The third-order valence-electron chi connectivity index (χ3n) is 4.05. The minimum atomic E-state index is -3.26. The Bertz CT molecular complexity index is 370. The van der Waals surface area contributed by atoms with Crippen molar-refractivity contribution in [2.45, 2.75) is 32.1 Å². The standard InChI is InChI=1S/C13H28N4O2S.2ClH/c18-20(19,17-10-3-1-2-4-11-17)15-6-5-9-16-12-7-14-8-13-16;;/h14-15H,1-13H2;2*1H. The van der Waals surface area contributed by atoms with E-state index in [0.29, 0.717) is 19.6 Å². The first kappa shape index (κ1) is 22.4. The zero-order valence-electron chi connectivity index (χ0n) is 13.1. The van der Waals surface area contributed by atoms with Gasteiger partial charge < -0.3 is 10.2 Å². The monoisotopic (exact) mass is 376 g/mol. The van der Waals surface area contributed by atoms with E-state index < -0.39 is 10.2 Å². The Morgan fingerprint density at radius 1 is 0.909 bits per heavy atom. The Hall–Kier alpha value is 0.370. The summed E-state index contributed by atoms with van der Waals surface area (Å²) in [5.41, 5.74) is 0. The number of halogens is 2. The molecule has 2 saturated heterocycles. The molecule has 134 valence electrons. The summed E-state index contributed by atoms with van der Waals surface area (Å²) in [5, 5.41) is 3.32. The molecule has 9 heteroatoms. The molecule has 0 aliphatic carbocycles. The van der Waals surface area contributed by atoms with Crippen LogP contribution in [-0.2, 0) is 10.2 Å². The first-order valence-corrected chi connectivity index (χ1v) is 9.30. The third kappa shape index (κ3) is 7.77. The van der Waals surface area contributed by atoms with Crippen molar-refractivity contribution in [3.63, 3.8) is 0 Å². The van der Waals surface area contributed by atoms with Gasteiger partial charge in [0.15, 0.2) is 0 Å². The highest BCUT2D eigenvalue weighted by Crippen LogP contribution is 2.12. The van der Waals surface area contributed by atoms with Gasteiger partial charge in [-0.15, -0.1) is 24.8 Å². The van der Waals surface area contributed by atoms with E-state index in [0.717, 1.165) is 64.8 Å². The van der Waals surface area contributed by atoms with Crippen molar-refractivity contribution >= 4 is 35.0 Å². The lowest BCUT2D eigenvalue weighted by Gasteiger charge is -2.27. The lowest BCUT2D eigenvalue weighted by molar-refractivity contribution is 0.239. The summed E-state index contributed by atoms with van der Waals surface area (Å²) in [4.78, 5) is 2.39. The highest BCUT2D eigenvalue weighted by molar-refractivity contribution is 7.87. The van der Waals surface area contributed by atoms with Crippen LogP contribution in [0.1, 0.15) is 32.1 Å². The Kier molecular flexibility index (Phi) is 12.0. The first-order chi connectivity index (χ1) is 9.68. The molecule has 2 aliphatic heterocycles. The van der Waals surface area contributed by atoms with Crippen LogP contribution in [0.2, 0.25) is 0 Å². The predicted octanol–water partition coefficient (Wildman–Crippen LogP) is 0.836. The van der Waals surface area contributed by atoms with E-state index in [9.17, 15) is 8.42 Å². The summed E-state index contributed by atoms with van der Waals surface area (Å²) in [6.45, 7) is 7.09. The molecule has 0 spiro atoms. The van der Waals surface area contributed by atoms with Crippen molar-refractivity contribution in [1.82, 2.24) is 19.2 Å². The molecule has 2 fully saturated rings. The van der Waals surface area contributed by atoms with E-state index in [1.54, 1.807) is 4.31 Å². The van der Waals surface area contributed by atoms with Crippen molar-refractivity contribution < 1.29 is 8.42 Å². The Morgan fingerprint density at radius 3 is 2.09 bits per heavy atom. The highest BCUT2D eigenvalue weighted by Gasteiger charge is 2.22. The van der Waals surface area contributed by atoms with E-state index >= 15 is 0 Å². The highest BCUT2D eigenvalue weighted by atomic mass is 35.5. The molecule has 2 rings (SSSR count). The first-order valence-electron chi connectivity index (χ1n) is 7.86. The van der Waals surface area contributed by atoms with Crippen LogP contribution in [0.4, 0.5) is 0 Å². The zero-order valence-corrected chi connectivity index (χ0v) is 15.6. The fraction of sp³-hybridized carbons (Fsp3) is 1.00. The Balaban J connectivity index is 0.00000220. The summed E-state index contributed by atoms with van der Waals surface area (Å²) in [6, 6.07) is 0. The van der Waals surface area contributed by atoms with Crippen molar-refractivity contribution in [1.29, 1.82) is 0 Å². The van der Waals surface area contributed by atoms with Gasteiger partial charge in [-0.25, -0.2) is 4.72 Å². The quantitative estimate of drug-likeness (QED) is 0.674. The molecular formula is C13H30Cl2N4O2S. The average molecular weight is 377 g/mol. The van der Waals surface area contributed by atoms with Crippen LogP contribution in [0.25, 0.3) is 0 Å². The van der Waals surface area contributed by atoms with Gasteiger partial charge in [0.1, 0.15) is 0 Å². The molecule has 0 unspecified atom stereocenters. The van der Waals surface area contributed by atoms with Crippen LogP contribution in [0, 0.1) is 0 Å². The molecule has 0 radical (unpaired) electrons. The summed E-state index contributed by atoms with van der Waals surface area (Å²) in [6.07, 6.45) is 5.15. The van der Waals surface area contributed by atoms with Gasteiger partial charge in [0, 0.05) is 45.8 Å². The normalized spacial score (nSPS) is 21.5. The number of piperazine rings is 1. The van der Waals surface area contributed by atoms with Crippen LogP contribution >= 0.6 is 24.8 Å². The second kappa shape index (κ2) is 11.8. The second-order valence-corrected chi connectivity index (χ2v) is 7.41. The van der Waals surface area contributed by atoms with E-state index in [1.165, 1.54) is 0 Å². The predicted molar refractivity (Wildman–Crippen MR) is 95.4 cm³/mol. The molecule has 0 saturated carbocycles. The average Bonchev–Trinajstić information content (AvgIpc) is 2.74. The van der Waals surface area contributed by atoms with Gasteiger partial charge in [0.2, 0.25) is 0 Å². The van der Waals surface area contributed by atoms with E-state index in [4.69, 9.17) is 0 Å². The van der Waals surface area contributed by atoms with E-state index in [2.05, 4.69) is 14.9 Å². The molecule has 0 aromatic rings. The number of nitrogens with zero attached hydrogens (tertiary/aromatic N) is 2. The fourth-order valence-corrected chi connectivity index (χ4v) is 4.14. The van der Waals surface area contributed by atoms with Gasteiger partial charge >= 0.3 is 0 Å². The molecule has 0 atom stereocenters. The van der Waals surface area contributed by atoms with Gasteiger partial charge in [-0.3, -0.25) is 0 Å². The van der Waals surface area contributed by atoms with E-state index in [-0.39, 0.29) is 24.8 Å². The van der Waals surface area contributed by atoms with Crippen molar-refractivity contribution in [2.75, 3.05) is 52.4 Å². The van der Waals surface area contributed by atoms with Gasteiger partial charge in [-0.1, -0.05) is 12.8 Å². The van der Waals surface area contributed by atoms with Crippen LogP contribution < -0.4 is 10.0 Å². The molecule has 0 aromatic carbocycles. The molecule has 0 amide bonds. The molecule has 0 bridgehead atoms. The summed E-state index contributed by atoms with van der Waals surface area (Å²) in [5.74, 6) is 0. The smallest absolute Gasteiger partial charge is 0.279 e. The van der Waals surface area contributed by atoms with Crippen molar-refractivity contribution in [2.24, 2.45) is 0 Å². The Morgan fingerprint density at radius 2 is 1.50 bits per heavy atom. The minimum Gasteiger partial charge on any atom is -0.314 e. The summed E-state index contributed by atoms with van der Waals surface area (Å²) < 4.78 is 28.7. The van der Waals surface area contributed by atoms with Crippen LogP contribution in [0.15, 0.2) is 0 Å². The molecule has 22 heavy (non-hydrogen) atoms. The maximum Gasteiger partial charge on any atom is 0.279 e. The van der Waals surface area contributed by atoms with E-state index in [1.807, 2.05) is 0 Å². The molecule has 6 nitrogen and oxygen atoms in total. The van der Waals surface area contributed by atoms with Gasteiger partial charge in [-0.2, -0.15) is 12.7 Å². The fourth-order valence-electron chi connectivity index (χ4n) is 2.81. The van der Waals surface area contributed by atoms with Gasteiger partial charge in [-0.05, 0) is 25.8 Å². The summed E-state index contributed by atoms with van der Waals surface area (Å²) in [7, 11) is -3.26. The van der Waals surface area contributed by atoms with Crippen molar-refractivity contribution in [3.8, 4) is 0 Å².